The fraction of sp³-hybridized carbons (Fsp3) is 1.00. The van der Waals surface area contributed by atoms with Gasteiger partial charge in [-0.15, -0.1) is 0 Å². The van der Waals surface area contributed by atoms with E-state index in [9.17, 15) is 5.11 Å². The largest absolute Gasteiger partial charge is 0.365 e. The lowest BCUT2D eigenvalue weighted by molar-refractivity contribution is -0.565. The van der Waals surface area contributed by atoms with Crippen molar-refractivity contribution in [1.29, 1.82) is 0 Å². The summed E-state index contributed by atoms with van der Waals surface area (Å²) in [5.74, 6) is 0.231. The molecular formula is C20H30O3. The van der Waals surface area contributed by atoms with Crippen molar-refractivity contribution < 1.29 is 14.6 Å². The van der Waals surface area contributed by atoms with Crippen LogP contribution in [0.3, 0.4) is 0 Å². The Bertz CT molecular complexity index is 549. The molecule has 4 saturated carbocycles. The van der Waals surface area contributed by atoms with Crippen LogP contribution < -0.4 is 0 Å². The van der Waals surface area contributed by atoms with Crippen LogP contribution in [0.15, 0.2) is 0 Å². The molecule has 3 aliphatic heterocycles. The summed E-state index contributed by atoms with van der Waals surface area (Å²) >= 11 is 0. The highest BCUT2D eigenvalue weighted by Gasteiger charge is 2.82. The number of ether oxygens (including phenoxy) is 2. The molecule has 7 fully saturated rings. The van der Waals surface area contributed by atoms with Gasteiger partial charge < -0.3 is 14.6 Å². The Morgan fingerprint density at radius 2 is 1.52 bits per heavy atom. The molecule has 0 aromatic heterocycles. The van der Waals surface area contributed by atoms with Gasteiger partial charge in [-0.05, 0) is 57.3 Å². The average Bonchev–Trinajstić information content (AvgIpc) is 2.52. The van der Waals surface area contributed by atoms with Crippen molar-refractivity contribution >= 4 is 0 Å². The topological polar surface area (TPSA) is 38.7 Å². The number of hydrogen-bond donors (Lipinski definition) is 1. The zero-order valence-corrected chi connectivity index (χ0v) is 14.2. The van der Waals surface area contributed by atoms with Crippen molar-refractivity contribution in [2.24, 2.45) is 23.2 Å². The van der Waals surface area contributed by atoms with E-state index in [1.807, 2.05) is 0 Å². The van der Waals surface area contributed by atoms with Gasteiger partial charge >= 0.3 is 0 Å². The Hall–Kier alpha value is -0.120. The Balaban J connectivity index is 1.58. The zero-order chi connectivity index (χ0) is 15.3. The lowest BCUT2D eigenvalue weighted by atomic mass is 9.40. The molecular weight excluding hydrogens is 288 g/mol. The van der Waals surface area contributed by atoms with Crippen molar-refractivity contribution in [1.82, 2.24) is 0 Å². The molecule has 3 heterocycles. The van der Waals surface area contributed by atoms with Gasteiger partial charge in [0.25, 0.3) is 0 Å². The van der Waals surface area contributed by atoms with E-state index < -0.39 is 11.6 Å². The van der Waals surface area contributed by atoms with Crippen LogP contribution in [-0.2, 0) is 9.47 Å². The highest BCUT2D eigenvalue weighted by molar-refractivity contribution is 5.25. The summed E-state index contributed by atoms with van der Waals surface area (Å²) in [5.41, 5.74) is -0.168. The second-order valence-electron chi connectivity index (χ2n) is 9.60. The summed E-state index contributed by atoms with van der Waals surface area (Å²) in [6, 6.07) is 0. The fourth-order valence-electron chi connectivity index (χ4n) is 8.27. The summed E-state index contributed by atoms with van der Waals surface area (Å²) in [4.78, 5) is 0. The Morgan fingerprint density at radius 3 is 2.43 bits per heavy atom. The molecule has 7 atom stereocenters. The van der Waals surface area contributed by atoms with E-state index in [4.69, 9.17) is 9.47 Å². The number of hydrogen-bond acceptors (Lipinski definition) is 3. The van der Waals surface area contributed by atoms with E-state index in [1.54, 1.807) is 0 Å². The van der Waals surface area contributed by atoms with E-state index >= 15 is 0 Å². The maximum atomic E-state index is 11.9. The molecule has 0 aromatic carbocycles. The first kappa shape index (κ1) is 14.1. The third-order valence-corrected chi connectivity index (χ3v) is 9.01. The Kier molecular flexibility index (Phi) is 2.55. The SMILES string of the molecule is O[C@@]12O[C@@]34CCCC[C@@H]3C[C@]13CCC[C@@H]2C[C@H]1CCCC[C@@]13O4. The summed E-state index contributed by atoms with van der Waals surface area (Å²) in [7, 11) is 0. The van der Waals surface area contributed by atoms with Gasteiger partial charge in [0.1, 0.15) is 0 Å². The quantitative estimate of drug-likeness (QED) is 0.730. The van der Waals surface area contributed by atoms with Crippen LogP contribution in [0.1, 0.15) is 83.5 Å². The summed E-state index contributed by atoms with van der Waals surface area (Å²) in [5, 5.41) is 11.9. The van der Waals surface area contributed by atoms with Crippen molar-refractivity contribution in [3.8, 4) is 0 Å². The smallest absolute Gasteiger partial charge is 0.180 e. The van der Waals surface area contributed by atoms with E-state index in [-0.39, 0.29) is 11.0 Å². The molecule has 0 radical (unpaired) electrons. The summed E-state index contributed by atoms with van der Waals surface area (Å²) in [6.07, 6.45) is 15.7. The predicted molar refractivity (Wildman–Crippen MR) is 85.5 cm³/mol. The molecule has 0 unspecified atom stereocenters. The minimum atomic E-state index is -0.884. The van der Waals surface area contributed by atoms with E-state index in [1.165, 1.54) is 57.8 Å². The zero-order valence-electron chi connectivity index (χ0n) is 14.2. The first-order chi connectivity index (χ1) is 11.1. The molecule has 0 aromatic rings. The van der Waals surface area contributed by atoms with Crippen molar-refractivity contribution in [2.75, 3.05) is 0 Å². The molecule has 1 N–H and O–H groups in total. The molecule has 5 bridgehead atoms. The molecule has 0 amide bonds. The highest BCUT2D eigenvalue weighted by Crippen LogP contribution is 2.77. The predicted octanol–water partition coefficient (Wildman–Crippen LogP) is 4.13. The molecule has 3 nitrogen and oxygen atoms in total. The molecule has 128 valence electrons. The Morgan fingerprint density at radius 1 is 0.739 bits per heavy atom. The molecule has 3 saturated heterocycles. The molecule has 7 aliphatic rings. The standard InChI is InChI=1S/C20H30O3/c21-20-15-8-5-9-17(20)13-16-7-2-4-11-19(16,23-20)22-18(17)10-3-1-6-14(18)12-15/h14-16,21H,1-13H2/t14-,15-,16-,17+,18-,19+,20+/m1/s1. The summed E-state index contributed by atoms with van der Waals surface area (Å²) < 4.78 is 13.8. The maximum Gasteiger partial charge on any atom is 0.180 e. The van der Waals surface area contributed by atoms with Crippen molar-refractivity contribution in [3.05, 3.63) is 0 Å². The highest BCUT2D eigenvalue weighted by atomic mass is 16.8. The van der Waals surface area contributed by atoms with Crippen LogP contribution in [0.2, 0.25) is 0 Å². The van der Waals surface area contributed by atoms with Gasteiger partial charge in [-0.2, -0.15) is 0 Å². The molecule has 7 rings (SSSR count). The van der Waals surface area contributed by atoms with Gasteiger partial charge in [0, 0.05) is 18.3 Å². The maximum absolute atomic E-state index is 11.9. The average molecular weight is 318 g/mol. The first-order valence-electron chi connectivity index (χ1n) is 10.3. The van der Waals surface area contributed by atoms with Gasteiger partial charge in [0.15, 0.2) is 11.6 Å². The van der Waals surface area contributed by atoms with Gasteiger partial charge in [0.2, 0.25) is 0 Å². The normalized spacial score (nSPS) is 63.3. The monoisotopic (exact) mass is 318 g/mol. The van der Waals surface area contributed by atoms with Gasteiger partial charge in [-0.25, -0.2) is 0 Å². The second-order valence-corrected chi connectivity index (χ2v) is 9.60. The van der Waals surface area contributed by atoms with Crippen LogP contribution >= 0.6 is 0 Å². The first-order valence-corrected chi connectivity index (χ1v) is 10.3. The number of rotatable bonds is 0. The van der Waals surface area contributed by atoms with Crippen LogP contribution in [0.25, 0.3) is 0 Å². The van der Waals surface area contributed by atoms with Crippen LogP contribution in [-0.4, -0.2) is 22.3 Å². The number of aliphatic hydroxyl groups is 1. The van der Waals surface area contributed by atoms with Crippen LogP contribution in [0.4, 0.5) is 0 Å². The van der Waals surface area contributed by atoms with E-state index in [0.29, 0.717) is 17.8 Å². The van der Waals surface area contributed by atoms with Crippen LogP contribution in [0.5, 0.6) is 0 Å². The minimum absolute atomic E-state index is 0.0665. The third kappa shape index (κ3) is 1.36. The molecule has 4 aliphatic carbocycles. The van der Waals surface area contributed by atoms with Crippen molar-refractivity contribution in [2.45, 2.75) is 101 Å². The molecule has 23 heavy (non-hydrogen) atoms. The minimum Gasteiger partial charge on any atom is -0.365 e. The van der Waals surface area contributed by atoms with Gasteiger partial charge in [-0.1, -0.05) is 25.7 Å². The third-order valence-electron chi connectivity index (χ3n) is 9.01. The van der Waals surface area contributed by atoms with Crippen LogP contribution in [0, 0.1) is 23.2 Å². The lowest BCUT2D eigenvalue weighted by Gasteiger charge is -2.79. The second kappa shape index (κ2) is 4.16. The fourth-order valence-corrected chi connectivity index (χ4v) is 8.27. The summed E-state index contributed by atoms with van der Waals surface area (Å²) in [6.45, 7) is 0. The van der Waals surface area contributed by atoms with Gasteiger partial charge in [-0.3, -0.25) is 0 Å². The van der Waals surface area contributed by atoms with E-state index in [0.717, 1.165) is 25.7 Å². The lowest BCUT2D eigenvalue weighted by Crippen LogP contribution is -2.85. The molecule has 3 heteroatoms. The van der Waals surface area contributed by atoms with Gasteiger partial charge in [0.05, 0.1) is 11.0 Å². The Labute approximate surface area is 139 Å². The molecule has 3 spiro atoms. The van der Waals surface area contributed by atoms with E-state index in [2.05, 4.69) is 0 Å². The van der Waals surface area contributed by atoms with Crippen molar-refractivity contribution in [3.63, 3.8) is 0 Å².